The Bertz CT molecular complexity index is 779. The molecule has 1 saturated heterocycles. The van der Waals surface area contributed by atoms with Crippen molar-refractivity contribution in [3.8, 4) is 18.1 Å². The number of esters is 3. The van der Waals surface area contributed by atoms with Crippen molar-refractivity contribution in [3.05, 3.63) is 29.8 Å². The quantitative estimate of drug-likeness (QED) is 0.402. The summed E-state index contributed by atoms with van der Waals surface area (Å²) in [6.07, 6.45) is 1.78. The second kappa shape index (κ2) is 9.94. The van der Waals surface area contributed by atoms with E-state index in [2.05, 4.69) is 5.92 Å². The molecule has 1 aliphatic heterocycles. The molecule has 0 saturated carbocycles. The lowest BCUT2D eigenvalue weighted by atomic mass is 9.92. The summed E-state index contributed by atoms with van der Waals surface area (Å²) in [5, 5.41) is 0. The summed E-state index contributed by atoms with van der Waals surface area (Å²) in [6.45, 7) is 5.27. The highest BCUT2D eigenvalue weighted by atomic mass is 16.7. The second-order valence-electron chi connectivity index (χ2n) is 6.64. The molecule has 156 valence electrons. The van der Waals surface area contributed by atoms with Crippen molar-refractivity contribution in [1.29, 1.82) is 0 Å². The summed E-state index contributed by atoms with van der Waals surface area (Å²) in [5.74, 6) is 0.839. The van der Waals surface area contributed by atoms with Crippen LogP contribution in [0.5, 0.6) is 5.75 Å². The summed E-state index contributed by atoms with van der Waals surface area (Å²) in [4.78, 5) is 34.5. The normalized spacial score (nSPS) is 26.0. The van der Waals surface area contributed by atoms with Gasteiger partial charge in [-0.3, -0.25) is 14.4 Å². The van der Waals surface area contributed by atoms with E-state index in [9.17, 15) is 14.4 Å². The Balaban J connectivity index is 2.28. The van der Waals surface area contributed by atoms with E-state index in [-0.39, 0.29) is 6.61 Å². The zero-order valence-electron chi connectivity index (χ0n) is 16.7. The lowest BCUT2D eigenvalue weighted by Gasteiger charge is -2.43. The molecule has 0 bridgehead atoms. The van der Waals surface area contributed by atoms with Crippen molar-refractivity contribution >= 4 is 17.9 Å². The lowest BCUT2D eigenvalue weighted by Crippen LogP contribution is -2.59. The predicted molar refractivity (Wildman–Crippen MR) is 101 cm³/mol. The molecule has 2 rings (SSSR count). The zero-order chi connectivity index (χ0) is 21.6. The van der Waals surface area contributed by atoms with Gasteiger partial charge in [0.15, 0.2) is 6.10 Å². The number of terminal acetylenes is 1. The Labute approximate surface area is 169 Å². The minimum atomic E-state index is -0.964. The van der Waals surface area contributed by atoms with Gasteiger partial charge in [-0.2, -0.15) is 0 Å². The number of ether oxygens (including phenoxy) is 5. The highest BCUT2D eigenvalue weighted by Gasteiger charge is 2.49. The van der Waals surface area contributed by atoms with Crippen LogP contribution in [0.3, 0.4) is 0 Å². The molecule has 29 heavy (non-hydrogen) atoms. The third-order valence-corrected chi connectivity index (χ3v) is 4.27. The van der Waals surface area contributed by atoms with E-state index < -0.39 is 48.4 Å². The molecule has 1 fully saturated rings. The van der Waals surface area contributed by atoms with E-state index in [1.165, 1.54) is 20.8 Å². The van der Waals surface area contributed by atoms with Gasteiger partial charge in [-0.15, -0.1) is 6.42 Å². The fourth-order valence-corrected chi connectivity index (χ4v) is 2.97. The first-order valence-electron chi connectivity index (χ1n) is 9.08. The summed E-state index contributed by atoms with van der Waals surface area (Å²) in [5.41, 5.74) is 0.690. The van der Waals surface area contributed by atoms with Crippen LogP contribution in [-0.4, -0.2) is 49.1 Å². The molecule has 1 heterocycles. The SMILES string of the molecule is C#Cc1ccc(O[C@H]2O[C@H](COC(C)=O)[C@@H](OC(C)=O)[C@H](OC(C)=O)[C@@H]2C)cc1. The minimum absolute atomic E-state index is 0.201. The van der Waals surface area contributed by atoms with Crippen LogP contribution in [0.2, 0.25) is 0 Å². The molecule has 5 atom stereocenters. The number of carbonyl (C=O) groups excluding carboxylic acids is 3. The van der Waals surface area contributed by atoms with Crippen LogP contribution in [0.15, 0.2) is 24.3 Å². The number of rotatable bonds is 6. The Hall–Kier alpha value is -3.05. The maximum atomic E-state index is 11.6. The van der Waals surface area contributed by atoms with E-state index in [0.29, 0.717) is 11.3 Å². The molecule has 8 heteroatoms. The highest BCUT2D eigenvalue weighted by molar-refractivity contribution is 5.67. The highest BCUT2D eigenvalue weighted by Crippen LogP contribution is 2.32. The Morgan fingerprint density at radius 1 is 1.00 bits per heavy atom. The van der Waals surface area contributed by atoms with Crippen LogP contribution in [0, 0.1) is 18.3 Å². The van der Waals surface area contributed by atoms with E-state index in [4.69, 9.17) is 30.1 Å². The van der Waals surface area contributed by atoms with E-state index >= 15 is 0 Å². The topological polar surface area (TPSA) is 97.4 Å². The predicted octanol–water partition coefficient (Wildman–Crippen LogP) is 1.83. The first kappa shape index (κ1) is 22.2. The van der Waals surface area contributed by atoms with Gasteiger partial charge in [-0.25, -0.2) is 0 Å². The second-order valence-corrected chi connectivity index (χ2v) is 6.64. The van der Waals surface area contributed by atoms with Crippen LogP contribution in [0.1, 0.15) is 33.3 Å². The van der Waals surface area contributed by atoms with Gasteiger partial charge < -0.3 is 23.7 Å². The minimum Gasteiger partial charge on any atom is -0.464 e. The Kier molecular flexibility index (Phi) is 7.62. The third kappa shape index (κ3) is 6.22. The largest absolute Gasteiger partial charge is 0.464 e. The van der Waals surface area contributed by atoms with Crippen LogP contribution in [0.25, 0.3) is 0 Å². The molecule has 0 radical (unpaired) electrons. The molecule has 0 N–H and O–H groups in total. The van der Waals surface area contributed by atoms with Crippen LogP contribution in [0.4, 0.5) is 0 Å². The van der Waals surface area contributed by atoms with Crippen LogP contribution >= 0.6 is 0 Å². The summed E-state index contributed by atoms with van der Waals surface area (Å²) in [6, 6.07) is 6.80. The number of hydrogen-bond acceptors (Lipinski definition) is 8. The van der Waals surface area contributed by atoms with Crippen molar-refractivity contribution in [1.82, 2.24) is 0 Å². The van der Waals surface area contributed by atoms with Gasteiger partial charge >= 0.3 is 17.9 Å². The van der Waals surface area contributed by atoms with Crippen molar-refractivity contribution in [2.45, 2.75) is 52.3 Å². The number of carbonyl (C=O) groups is 3. The van der Waals surface area contributed by atoms with Crippen LogP contribution in [-0.2, 0) is 33.3 Å². The van der Waals surface area contributed by atoms with Gasteiger partial charge in [-0.1, -0.05) is 12.8 Å². The third-order valence-electron chi connectivity index (χ3n) is 4.27. The lowest BCUT2D eigenvalue weighted by molar-refractivity contribution is -0.267. The average molecular weight is 404 g/mol. The molecular weight excluding hydrogens is 380 g/mol. The standard InChI is InChI=1S/C21H24O8/c1-6-16-7-9-17(10-8-16)28-21-12(2)19(26-14(4)23)20(27-15(5)24)18(29-21)11-25-13(3)22/h1,7-10,12,18-21H,11H2,2-5H3/t12-,18+,19+,20+,21-/m0/s1. The maximum absolute atomic E-state index is 11.6. The zero-order valence-corrected chi connectivity index (χ0v) is 16.7. The van der Waals surface area contributed by atoms with Crippen molar-refractivity contribution < 1.29 is 38.1 Å². The summed E-state index contributed by atoms with van der Waals surface area (Å²) >= 11 is 0. The van der Waals surface area contributed by atoms with Gasteiger partial charge in [0, 0.05) is 26.3 Å². The first-order chi connectivity index (χ1) is 13.7. The molecule has 0 spiro atoms. The maximum Gasteiger partial charge on any atom is 0.303 e. The summed E-state index contributed by atoms with van der Waals surface area (Å²) in [7, 11) is 0. The van der Waals surface area contributed by atoms with Crippen LogP contribution < -0.4 is 4.74 Å². The monoisotopic (exact) mass is 404 g/mol. The van der Waals surface area contributed by atoms with Crippen molar-refractivity contribution in [2.24, 2.45) is 5.92 Å². The number of hydrogen-bond donors (Lipinski definition) is 0. The summed E-state index contributed by atoms with van der Waals surface area (Å²) < 4.78 is 27.6. The van der Waals surface area contributed by atoms with Crippen molar-refractivity contribution in [3.63, 3.8) is 0 Å². The fraction of sp³-hybridized carbons (Fsp3) is 0.476. The molecule has 1 aromatic carbocycles. The van der Waals surface area contributed by atoms with Gasteiger partial charge in [-0.05, 0) is 24.3 Å². The van der Waals surface area contributed by atoms with Gasteiger partial charge in [0.05, 0.1) is 5.92 Å². The van der Waals surface area contributed by atoms with Gasteiger partial charge in [0.1, 0.15) is 24.6 Å². The van der Waals surface area contributed by atoms with Gasteiger partial charge in [0.2, 0.25) is 6.29 Å². The molecule has 1 aliphatic rings. The molecule has 0 aromatic heterocycles. The number of benzene rings is 1. The molecule has 0 amide bonds. The molecule has 8 nitrogen and oxygen atoms in total. The molecule has 1 aromatic rings. The smallest absolute Gasteiger partial charge is 0.303 e. The van der Waals surface area contributed by atoms with Gasteiger partial charge in [0.25, 0.3) is 0 Å². The molecular formula is C21H24O8. The Morgan fingerprint density at radius 3 is 2.10 bits per heavy atom. The van der Waals surface area contributed by atoms with Crippen molar-refractivity contribution in [2.75, 3.05) is 6.61 Å². The van der Waals surface area contributed by atoms with E-state index in [0.717, 1.165) is 0 Å². The van der Waals surface area contributed by atoms with E-state index in [1.54, 1.807) is 31.2 Å². The Morgan fingerprint density at radius 2 is 1.59 bits per heavy atom. The molecule has 0 aliphatic carbocycles. The average Bonchev–Trinajstić information content (AvgIpc) is 2.65. The van der Waals surface area contributed by atoms with E-state index in [1.807, 2.05) is 0 Å². The molecule has 0 unspecified atom stereocenters. The first-order valence-corrected chi connectivity index (χ1v) is 9.08. The fourth-order valence-electron chi connectivity index (χ4n) is 2.97.